The minimum Gasteiger partial charge on any atom is -0.396 e. The van der Waals surface area contributed by atoms with Crippen LogP contribution in [0.2, 0.25) is 0 Å². The van der Waals surface area contributed by atoms with Crippen molar-refractivity contribution in [1.29, 1.82) is 0 Å². The zero-order valence-electron chi connectivity index (χ0n) is 11.6. The van der Waals surface area contributed by atoms with Gasteiger partial charge in [-0.15, -0.1) is 0 Å². The Morgan fingerprint density at radius 2 is 2.35 bits per heavy atom. The first-order valence-electron chi connectivity index (χ1n) is 6.82. The first-order chi connectivity index (χ1) is 9.59. The molecule has 1 fully saturated rings. The van der Waals surface area contributed by atoms with Crippen molar-refractivity contribution in [2.24, 2.45) is 5.92 Å². The van der Waals surface area contributed by atoms with E-state index in [-0.39, 0.29) is 17.4 Å². The van der Waals surface area contributed by atoms with E-state index in [2.05, 4.69) is 10.3 Å². The Balaban J connectivity index is 2.25. The van der Waals surface area contributed by atoms with Crippen molar-refractivity contribution in [3.63, 3.8) is 0 Å². The van der Waals surface area contributed by atoms with Crippen molar-refractivity contribution < 1.29 is 13.5 Å². The van der Waals surface area contributed by atoms with E-state index in [1.165, 1.54) is 10.5 Å². The Kier molecular flexibility index (Phi) is 4.95. The molecule has 1 aromatic heterocycles. The molecule has 1 aromatic rings. The van der Waals surface area contributed by atoms with Crippen LogP contribution in [0, 0.1) is 5.92 Å². The summed E-state index contributed by atoms with van der Waals surface area (Å²) in [6.07, 6.45) is 5.40. The molecular weight excluding hydrogens is 278 g/mol. The van der Waals surface area contributed by atoms with Gasteiger partial charge in [0.05, 0.1) is 5.69 Å². The lowest BCUT2D eigenvalue weighted by molar-refractivity contribution is 0.203. The van der Waals surface area contributed by atoms with Crippen LogP contribution in [0.15, 0.2) is 23.4 Å². The molecule has 1 aliphatic heterocycles. The Labute approximate surface area is 119 Å². The number of sulfonamides is 1. The molecule has 112 valence electrons. The third-order valence-corrected chi connectivity index (χ3v) is 5.58. The largest absolute Gasteiger partial charge is 0.396 e. The SMILES string of the molecule is CNc1ccncc1S(=O)(=O)N1CCCC(CCO)C1. The molecule has 0 saturated carbocycles. The topological polar surface area (TPSA) is 82.5 Å². The van der Waals surface area contributed by atoms with Gasteiger partial charge in [0.25, 0.3) is 0 Å². The van der Waals surface area contributed by atoms with E-state index in [9.17, 15) is 8.42 Å². The van der Waals surface area contributed by atoms with Crippen LogP contribution in [0.25, 0.3) is 0 Å². The number of aromatic nitrogens is 1. The van der Waals surface area contributed by atoms with Gasteiger partial charge in [0.2, 0.25) is 10.0 Å². The van der Waals surface area contributed by atoms with Crippen molar-refractivity contribution in [3.05, 3.63) is 18.5 Å². The molecular formula is C13H21N3O3S. The van der Waals surface area contributed by atoms with Gasteiger partial charge in [0.1, 0.15) is 4.90 Å². The van der Waals surface area contributed by atoms with E-state index in [0.717, 1.165) is 12.8 Å². The van der Waals surface area contributed by atoms with Crippen LogP contribution in [0.1, 0.15) is 19.3 Å². The maximum absolute atomic E-state index is 12.7. The van der Waals surface area contributed by atoms with Crippen LogP contribution in [0.4, 0.5) is 5.69 Å². The summed E-state index contributed by atoms with van der Waals surface area (Å²) in [7, 11) is -1.84. The van der Waals surface area contributed by atoms with Gasteiger partial charge in [-0.3, -0.25) is 4.98 Å². The third kappa shape index (κ3) is 3.11. The van der Waals surface area contributed by atoms with Crippen LogP contribution in [0.3, 0.4) is 0 Å². The van der Waals surface area contributed by atoms with E-state index >= 15 is 0 Å². The lowest BCUT2D eigenvalue weighted by atomic mass is 9.97. The van der Waals surface area contributed by atoms with Crippen LogP contribution in [-0.4, -0.2) is 49.6 Å². The van der Waals surface area contributed by atoms with Crippen LogP contribution < -0.4 is 5.32 Å². The number of aliphatic hydroxyl groups is 1. The van der Waals surface area contributed by atoms with Crippen molar-refractivity contribution in [2.75, 3.05) is 32.1 Å². The number of aliphatic hydroxyl groups excluding tert-OH is 1. The van der Waals surface area contributed by atoms with E-state index in [4.69, 9.17) is 5.11 Å². The fourth-order valence-electron chi connectivity index (χ4n) is 2.59. The summed E-state index contributed by atoms with van der Waals surface area (Å²) in [6.45, 7) is 1.11. The van der Waals surface area contributed by atoms with Crippen LogP contribution >= 0.6 is 0 Å². The van der Waals surface area contributed by atoms with E-state index in [0.29, 0.717) is 25.2 Å². The number of nitrogens with one attached hydrogen (secondary N) is 1. The highest BCUT2D eigenvalue weighted by atomic mass is 32.2. The molecule has 2 heterocycles. The highest BCUT2D eigenvalue weighted by molar-refractivity contribution is 7.89. The van der Waals surface area contributed by atoms with Crippen molar-refractivity contribution in [3.8, 4) is 0 Å². The summed E-state index contributed by atoms with van der Waals surface area (Å²) in [5.41, 5.74) is 0.560. The highest BCUT2D eigenvalue weighted by Crippen LogP contribution is 2.28. The van der Waals surface area contributed by atoms with Gasteiger partial charge >= 0.3 is 0 Å². The Bertz CT molecular complexity index is 546. The summed E-state index contributed by atoms with van der Waals surface area (Å²) in [6, 6.07) is 1.65. The molecule has 2 rings (SSSR count). The molecule has 1 aliphatic rings. The third-order valence-electron chi connectivity index (χ3n) is 3.69. The van der Waals surface area contributed by atoms with Crippen LogP contribution in [0.5, 0.6) is 0 Å². The summed E-state index contributed by atoms with van der Waals surface area (Å²) >= 11 is 0. The fourth-order valence-corrected chi connectivity index (χ4v) is 4.29. The minimum absolute atomic E-state index is 0.104. The molecule has 2 N–H and O–H groups in total. The number of pyridine rings is 1. The molecule has 0 radical (unpaired) electrons. The molecule has 1 saturated heterocycles. The van der Waals surface area contributed by atoms with Gasteiger partial charge in [-0.05, 0) is 31.2 Å². The van der Waals surface area contributed by atoms with Crippen molar-refractivity contribution in [2.45, 2.75) is 24.2 Å². The van der Waals surface area contributed by atoms with Gasteiger partial charge in [-0.2, -0.15) is 4.31 Å². The minimum atomic E-state index is -3.53. The van der Waals surface area contributed by atoms with Crippen LogP contribution in [-0.2, 0) is 10.0 Å². The summed E-state index contributed by atoms with van der Waals surface area (Å²) in [5, 5.41) is 11.9. The second kappa shape index (κ2) is 6.51. The predicted octanol–water partition coefficient (Wildman–Crippen LogP) is 0.906. The van der Waals surface area contributed by atoms with Crippen molar-refractivity contribution >= 4 is 15.7 Å². The van der Waals surface area contributed by atoms with Gasteiger partial charge in [-0.25, -0.2) is 8.42 Å². The van der Waals surface area contributed by atoms with Crippen molar-refractivity contribution in [1.82, 2.24) is 9.29 Å². The molecule has 0 bridgehead atoms. The smallest absolute Gasteiger partial charge is 0.246 e. The lowest BCUT2D eigenvalue weighted by Gasteiger charge is -2.32. The fraction of sp³-hybridized carbons (Fsp3) is 0.615. The second-order valence-electron chi connectivity index (χ2n) is 5.01. The number of hydrogen-bond acceptors (Lipinski definition) is 5. The average molecular weight is 299 g/mol. The number of hydrogen-bond donors (Lipinski definition) is 2. The van der Waals surface area contributed by atoms with Gasteiger partial charge in [-0.1, -0.05) is 0 Å². The molecule has 1 unspecified atom stereocenters. The zero-order valence-corrected chi connectivity index (χ0v) is 12.4. The van der Waals surface area contributed by atoms with Gasteiger partial charge < -0.3 is 10.4 Å². The zero-order chi connectivity index (χ0) is 14.6. The first kappa shape index (κ1) is 15.2. The Hall–Kier alpha value is -1.18. The standard InChI is InChI=1S/C13H21N3O3S/c1-14-12-4-6-15-9-13(12)20(18,19)16-7-2-3-11(10-16)5-8-17/h4,6,9,11,17H,2-3,5,7-8,10H2,1H3,(H,14,15). The predicted molar refractivity (Wildman–Crippen MR) is 77.0 cm³/mol. The molecule has 7 heteroatoms. The molecule has 0 aromatic carbocycles. The summed E-state index contributed by atoms with van der Waals surface area (Å²) in [5.74, 6) is 0.234. The Morgan fingerprint density at radius 3 is 3.05 bits per heavy atom. The molecule has 0 amide bonds. The van der Waals surface area contributed by atoms with E-state index < -0.39 is 10.0 Å². The molecule has 0 spiro atoms. The van der Waals surface area contributed by atoms with Gasteiger partial charge in [0, 0.05) is 39.1 Å². The number of anilines is 1. The molecule has 20 heavy (non-hydrogen) atoms. The van der Waals surface area contributed by atoms with E-state index in [1.807, 2.05) is 0 Å². The maximum atomic E-state index is 12.7. The lowest BCUT2D eigenvalue weighted by Crippen LogP contribution is -2.40. The Morgan fingerprint density at radius 1 is 1.55 bits per heavy atom. The summed E-state index contributed by atoms with van der Waals surface area (Å²) < 4.78 is 26.9. The molecule has 6 nitrogen and oxygen atoms in total. The number of piperidine rings is 1. The quantitative estimate of drug-likeness (QED) is 0.844. The number of rotatable bonds is 5. The molecule has 0 aliphatic carbocycles. The average Bonchev–Trinajstić information content (AvgIpc) is 2.48. The summed E-state index contributed by atoms with van der Waals surface area (Å²) in [4.78, 5) is 4.14. The second-order valence-corrected chi connectivity index (χ2v) is 6.91. The normalized spacial score (nSPS) is 20.8. The number of nitrogens with zero attached hydrogens (tertiary/aromatic N) is 2. The monoisotopic (exact) mass is 299 g/mol. The first-order valence-corrected chi connectivity index (χ1v) is 8.26. The molecule has 1 atom stereocenters. The highest BCUT2D eigenvalue weighted by Gasteiger charge is 2.31. The maximum Gasteiger partial charge on any atom is 0.246 e. The van der Waals surface area contributed by atoms with Gasteiger partial charge in [0.15, 0.2) is 0 Å². The van der Waals surface area contributed by atoms with E-state index in [1.54, 1.807) is 19.3 Å².